The third-order valence-corrected chi connectivity index (χ3v) is 3.18. The minimum absolute atomic E-state index is 0.365. The van der Waals surface area contributed by atoms with Crippen molar-refractivity contribution < 1.29 is 4.79 Å². The van der Waals surface area contributed by atoms with Gasteiger partial charge in [0, 0.05) is 11.3 Å². The number of nitrogens with two attached hydrogens (primary N) is 1. The molecule has 5 heteroatoms. The van der Waals surface area contributed by atoms with Crippen molar-refractivity contribution in [2.75, 3.05) is 5.73 Å². The monoisotopic (exact) mass is 267 g/mol. The first-order valence-electron chi connectivity index (χ1n) is 6.18. The van der Waals surface area contributed by atoms with Gasteiger partial charge in [0.1, 0.15) is 0 Å². The van der Waals surface area contributed by atoms with E-state index < -0.39 is 5.69 Å². The molecule has 100 valence electrons. The largest absolute Gasteiger partial charge is 0.399 e. The third kappa shape index (κ3) is 1.89. The molecule has 0 aliphatic heterocycles. The summed E-state index contributed by atoms with van der Waals surface area (Å²) < 4.78 is 1.11. The van der Waals surface area contributed by atoms with Gasteiger partial charge in [0.15, 0.2) is 0 Å². The molecule has 0 fully saturated rings. The van der Waals surface area contributed by atoms with E-state index in [4.69, 9.17) is 5.73 Å². The highest BCUT2D eigenvalue weighted by Gasteiger charge is 2.15. The average molecular weight is 267 g/mol. The van der Waals surface area contributed by atoms with E-state index in [0.29, 0.717) is 22.3 Å². The van der Waals surface area contributed by atoms with E-state index in [0.717, 1.165) is 10.1 Å². The predicted octanol–water partition coefficient (Wildman–Crippen LogP) is 1.91. The van der Waals surface area contributed by atoms with Crippen molar-refractivity contribution in [2.45, 2.75) is 6.92 Å². The number of benzene rings is 2. The van der Waals surface area contributed by atoms with Gasteiger partial charge in [-0.3, -0.25) is 4.79 Å². The van der Waals surface area contributed by atoms with E-state index >= 15 is 0 Å². The highest BCUT2D eigenvalue weighted by atomic mass is 16.2. The number of nitrogens with zero attached hydrogens (tertiary/aromatic N) is 1. The molecule has 0 spiro atoms. The summed E-state index contributed by atoms with van der Waals surface area (Å²) in [6, 6.07) is 12.1. The third-order valence-electron chi connectivity index (χ3n) is 3.18. The van der Waals surface area contributed by atoms with Crippen LogP contribution < -0.4 is 11.4 Å². The van der Waals surface area contributed by atoms with Gasteiger partial charge >= 0.3 is 5.69 Å². The SMILES string of the molecule is Cc1cccc(C(=O)n2c(=O)[nH]c3ccc(N)cc32)c1. The van der Waals surface area contributed by atoms with E-state index in [9.17, 15) is 9.59 Å². The first-order chi connectivity index (χ1) is 9.56. The maximum Gasteiger partial charge on any atom is 0.333 e. The van der Waals surface area contributed by atoms with Crippen LogP contribution in [0, 0.1) is 6.92 Å². The van der Waals surface area contributed by atoms with Crippen molar-refractivity contribution in [1.29, 1.82) is 0 Å². The summed E-state index contributed by atoms with van der Waals surface area (Å²) >= 11 is 0. The average Bonchev–Trinajstić information content (AvgIpc) is 2.73. The molecule has 3 N–H and O–H groups in total. The van der Waals surface area contributed by atoms with Crippen LogP contribution in [-0.4, -0.2) is 15.5 Å². The fourth-order valence-corrected chi connectivity index (χ4v) is 2.23. The minimum atomic E-state index is -0.461. The highest BCUT2D eigenvalue weighted by Crippen LogP contribution is 2.16. The van der Waals surface area contributed by atoms with Gasteiger partial charge in [-0.05, 0) is 37.3 Å². The van der Waals surface area contributed by atoms with Gasteiger partial charge in [-0.2, -0.15) is 0 Å². The van der Waals surface area contributed by atoms with E-state index in [1.807, 2.05) is 13.0 Å². The van der Waals surface area contributed by atoms with Crippen LogP contribution in [0.2, 0.25) is 0 Å². The molecule has 0 saturated carbocycles. The molecule has 0 bridgehead atoms. The molecule has 0 aliphatic carbocycles. The number of fused-ring (bicyclic) bond motifs is 1. The van der Waals surface area contributed by atoms with Crippen molar-refractivity contribution in [1.82, 2.24) is 9.55 Å². The number of aromatic amines is 1. The Bertz CT molecular complexity index is 874. The van der Waals surface area contributed by atoms with Gasteiger partial charge < -0.3 is 10.7 Å². The molecule has 5 nitrogen and oxygen atoms in total. The minimum Gasteiger partial charge on any atom is -0.399 e. The van der Waals surface area contributed by atoms with Gasteiger partial charge in [0.05, 0.1) is 11.0 Å². The van der Waals surface area contributed by atoms with Crippen LogP contribution in [0.15, 0.2) is 47.3 Å². The van der Waals surface area contributed by atoms with Crippen LogP contribution in [0.3, 0.4) is 0 Å². The zero-order valence-corrected chi connectivity index (χ0v) is 10.9. The number of aromatic nitrogens is 2. The molecule has 20 heavy (non-hydrogen) atoms. The Morgan fingerprint density at radius 1 is 1.20 bits per heavy atom. The molecule has 1 heterocycles. The Kier molecular flexibility index (Phi) is 2.68. The molecule has 1 aromatic heterocycles. The van der Waals surface area contributed by atoms with E-state index in [1.54, 1.807) is 36.4 Å². The highest BCUT2D eigenvalue weighted by molar-refractivity contribution is 6.01. The smallest absolute Gasteiger partial charge is 0.333 e. The lowest BCUT2D eigenvalue weighted by Crippen LogP contribution is -2.24. The van der Waals surface area contributed by atoms with E-state index in [2.05, 4.69) is 4.98 Å². The first-order valence-corrected chi connectivity index (χ1v) is 6.18. The Morgan fingerprint density at radius 2 is 2.00 bits per heavy atom. The molecule has 0 radical (unpaired) electrons. The second-order valence-corrected chi connectivity index (χ2v) is 4.72. The van der Waals surface area contributed by atoms with E-state index in [1.165, 1.54) is 0 Å². The number of hydrogen-bond acceptors (Lipinski definition) is 3. The Balaban J connectivity index is 2.24. The van der Waals surface area contributed by atoms with Crippen LogP contribution in [0.1, 0.15) is 15.9 Å². The summed E-state index contributed by atoms with van der Waals surface area (Å²) in [6.07, 6.45) is 0. The molecule has 0 aliphatic rings. The number of imidazole rings is 1. The van der Waals surface area contributed by atoms with Crippen molar-refractivity contribution in [3.63, 3.8) is 0 Å². The zero-order valence-electron chi connectivity index (χ0n) is 10.9. The number of anilines is 1. The first kappa shape index (κ1) is 12.2. The normalized spacial score (nSPS) is 10.8. The molecule has 0 amide bonds. The standard InChI is InChI=1S/C15H13N3O2/c1-9-3-2-4-10(7-9)14(19)18-13-8-11(16)5-6-12(13)17-15(18)20/h2-8H,16H2,1H3,(H,17,20). The molecule has 2 aromatic carbocycles. The van der Waals surface area contributed by atoms with Crippen LogP contribution >= 0.6 is 0 Å². The molecule has 3 aromatic rings. The zero-order chi connectivity index (χ0) is 14.3. The molecular formula is C15H13N3O2. The number of H-pyrrole nitrogens is 1. The summed E-state index contributed by atoms with van der Waals surface area (Å²) in [7, 11) is 0. The topological polar surface area (TPSA) is 80.9 Å². The fraction of sp³-hybridized carbons (Fsp3) is 0.0667. The van der Waals surface area contributed by atoms with E-state index in [-0.39, 0.29) is 5.91 Å². The number of hydrogen-bond donors (Lipinski definition) is 2. The van der Waals surface area contributed by atoms with Gasteiger partial charge in [0.2, 0.25) is 0 Å². The predicted molar refractivity (Wildman–Crippen MR) is 77.9 cm³/mol. The van der Waals surface area contributed by atoms with Gasteiger partial charge in [-0.15, -0.1) is 0 Å². The number of carbonyl (C=O) groups is 1. The number of nitrogen functional groups attached to an aromatic ring is 1. The molecule has 3 rings (SSSR count). The second kappa shape index (κ2) is 4.38. The lowest BCUT2D eigenvalue weighted by molar-refractivity contribution is 0.0961. The Labute approximate surface area is 114 Å². The summed E-state index contributed by atoms with van der Waals surface area (Å²) in [5.41, 5.74) is 8.27. The fourth-order valence-electron chi connectivity index (χ4n) is 2.23. The summed E-state index contributed by atoms with van der Waals surface area (Å²) in [4.78, 5) is 27.2. The lowest BCUT2D eigenvalue weighted by atomic mass is 10.1. The van der Waals surface area contributed by atoms with Gasteiger partial charge in [-0.25, -0.2) is 9.36 Å². The van der Waals surface area contributed by atoms with Crippen LogP contribution in [0.25, 0.3) is 11.0 Å². The Hall–Kier alpha value is -2.82. The number of rotatable bonds is 1. The molecule has 0 saturated heterocycles. The van der Waals surface area contributed by atoms with Gasteiger partial charge in [-0.1, -0.05) is 17.7 Å². The summed E-state index contributed by atoms with van der Waals surface area (Å²) in [5, 5.41) is 0. The maximum absolute atomic E-state index is 12.5. The van der Waals surface area contributed by atoms with Gasteiger partial charge in [0.25, 0.3) is 5.91 Å². The number of aryl methyl sites for hydroxylation is 1. The lowest BCUT2D eigenvalue weighted by Gasteiger charge is -2.03. The molecule has 0 unspecified atom stereocenters. The maximum atomic E-state index is 12.5. The van der Waals surface area contributed by atoms with Crippen LogP contribution in [-0.2, 0) is 0 Å². The molecular weight excluding hydrogens is 254 g/mol. The summed E-state index contributed by atoms with van der Waals surface area (Å²) in [6.45, 7) is 1.90. The Morgan fingerprint density at radius 3 is 2.75 bits per heavy atom. The number of nitrogens with one attached hydrogen (secondary N) is 1. The summed E-state index contributed by atoms with van der Waals surface area (Å²) in [5.74, 6) is -0.365. The number of carbonyl (C=O) groups excluding carboxylic acids is 1. The second-order valence-electron chi connectivity index (χ2n) is 4.72. The van der Waals surface area contributed by atoms with Crippen molar-refractivity contribution in [3.05, 3.63) is 64.1 Å². The van der Waals surface area contributed by atoms with Crippen LogP contribution in [0.4, 0.5) is 5.69 Å². The molecule has 0 atom stereocenters. The quantitative estimate of drug-likeness (QED) is 0.661. The van der Waals surface area contributed by atoms with Crippen molar-refractivity contribution in [2.24, 2.45) is 0 Å². The van der Waals surface area contributed by atoms with Crippen LogP contribution in [0.5, 0.6) is 0 Å². The van der Waals surface area contributed by atoms with Crippen molar-refractivity contribution >= 4 is 22.6 Å². The van der Waals surface area contributed by atoms with Crippen molar-refractivity contribution in [3.8, 4) is 0 Å².